The zero-order valence-corrected chi connectivity index (χ0v) is 8.97. The van der Waals surface area contributed by atoms with Crippen LogP contribution in [0.4, 0.5) is 0 Å². The van der Waals surface area contributed by atoms with Crippen LogP contribution in [0.3, 0.4) is 0 Å². The zero-order valence-electron chi connectivity index (χ0n) is 8.97. The molecule has 78 valence electrons. The van der Waals surface area contributed by atoms with Crippen molar-refractivity contribution in [3.8, 4) is 17.6 Å². The van der Waals surface area contributed by atoms with Crippen molar-refractivity contribution in [1.82, 2.24) is 0 Å². The van der Waals surface area contributed by atoms with E-state index in [1.165, 1.54) is 0 Å². The summed E-state index contributed by atoms with van der Waals surface area (Å²) in [5.74, 6) is 1.58. The van der Waals surface area contributed by atoms with Gasteiger partial charge in [-0.2, -0.15) is 5.26 Å². The Morgan fingerprint density at radius 3 is 2.44 bits per heavy atom. The van der Waals surface area contributed by atoms with E-state index >= 15 is 0 Å². The van der Waals surface area contributed by atoms with Crippen LogP contribution in [0, 0.1) is 18.3 Å². The quantitative estimate of drug-likeness (QED) is 0.756. The van der Waals surface area contributed by atoms with E-state index in [2.05, 4.69) is 6.07 Å². The van der Waals surface area contributed by atoms with Crippen molar-refractivity contribution in [3.63, 3.8) is 0 Å². The van der Waals surface area contributed by atoms with Crippen molar-refractivity contribution in [2.45, 2.75) is 6.92 Å². The first-order valence-electron chi connectivity index (χ1n) is 5.03. The lowest BCUT2D eigenvalue weighted by atomic mass is 10.1. The Bertz CT molecular complexity index is 526. The fourth-order valence-electron chi connectivity index (χ4n) is 1.45. The van der Waals surface area contributed by atoms with Gasteiger partial charge in [0, 0.05) is 0 Å². The van der Waals surface area contributed by atoms with Crippen molar-refractivity contribution in [3.05, 3.63) is 59.7 Å². The molecule has 0 spiro atoms. The van der Waals surface area contributed by atoms with Crippen molar-refractivity contribution in [2.24, 2.45) is 0 Å². The molecule has 2 rings (SSSR count). The maximum Gasteiger partial charge on any atom is 0.130 e. The standard InChI is InChI=1S/C14H11NO/c1-11-9-12(10-15)7-8-14(11)16-13-5-3-2-4-6-13/h2-9H,1H3. The molecule has 2 aromatic carbocycles. The summed E-state index contributed by atoms with van der Waals surface area (Å²) in [4.78, 5) is 0. The van der Waals surface area contributed by atoms with Gasteiger partial charge < -0.3 is 4.74 Å². The second-order valence-corrected chi connectivity index (χ2v) is 3.51. The molecule has 0 fully saturated rings. The highest BCUT2D eigenvalue weighted by Gasteiger charge is 2.01. The van der Waals surface area contributed by atoms with E-state index < -0.39 is 0 Å². The molecule has 16 heavy (non-hydrogen) atoms. The van der Waals surface area contributed by atoms with Gasteiger partial charge in [-0.1, -0.05) is 18.2 Å². The summed E-state index contributed by atoms with van der Waals surface area (Å²) in [6, 6.07) is 17.1. The average Bonchev–Trinajstić information content (AvgIpc) is 2.33. The summed E-state index contributed by atoms with van der Waals surface area (Å²) in [6.45, 7) is 1.93. The fourth-order valence-corrected chi connectivity index (χ4v) is 1.45. The molecule has 0 heterocycles. The number of benzene rings is 2. The van der Waals surface area contributed by atoms with Crippen LogP contribution in [-0.4, -0.2) is 0 Å². The largest absolute Gasteiger partial charge is 0.457 e. The number of aryl methyl sites for hydroxylation is 1. The third-order valence-electron chi connectivity index (χ3n) is 2.28. The number of para-hydroxylation sites is 1. The molecule has 0 atom stereocenters. The summed E-state index contributed by atoms with van der Waals surface area (Å²) in [5, 5.41) is 8.75. The van der Waals surface area contributed by atoms with Crippen molar-refractivity contribution >= 4 is 0 Å². The number of nitriles is 1. The Balaban J connectivity index is 2.27. The first-order valence-corrected chi connectivity index (χ1v) is 5.03. The van der Waals surface area contributed by atoms with E-state index in [1.807, 2.05) is 49.4 Å². The SMILES string of the molecule is Cc1cc(C#N)ccc1Oc1ccccc1. The molecule has 0 aliphatic rings. The van der Waals surface area contributed by atoms with Gasteiger partial charge in [0.2, 0.25) is 0 Å². The molecular formula is C14H11NO. The molecule has 2 nitrogen and oxygen atoms in total. The minimum Gasteiger partial charge on any atom is -0.457 e. The number of nitrogens with zero attached hydrogens (tertiary/aromatic N) is 1. The lowest BCUT2D eigenvalue weighted by Gasteiger charge is -2.08. The van der Waals surface area contributed by atoms with Gasteiger partial charge in [-0.25, -0.2) is 0 Å². The van der Waals surface area contributed by atoms with Crippen LogP contribution in [0.5, 0.6) is 11.5 Å². The molecule has 0 saturated heterocycles. The molecule has 2 heteroatoms. The Morgan fingerprint density at radius 2 is 1.81 bits per heavy atom. The van der Waals surface area contributed by atoms with Gasteiger partial charge in [0.1, 0.15) is 11.5 Å². The minimum absolute atomic E-state index is 0.651. The van der Waals surface area contributed by atoms with E-state index in [0.29, 0.717) is 5.56 Å². The van der Waals surface area contributed by atoms with E-state index in [1.54, 1.807) is 6.07 Å². The summed E-state index contributed by atoms with van der Waals surface area (Å²) in [7, 11) is 0. The lowest BCUT2D eigenvalue weighted by molar-refractivity contribution is 0.479. The molecule has 0 aliphatic carbocycles. The minimum atomic E-state index is 0.651. The van der Waals surface area contributed by atoms with Gasteiger partial charge in [-0.15, -0.1) is 0 Å². The molecule has 0 radical (unpaired) electrons. The Labute approximate surface area is 94.7 Å². The average molecular weight is 209 g/mol. The zero-order chi connectivity index (χ0) is 11.4. The maximum absolute atomic E-state index is 8.75. The predicted octanol–water partition coefficient (Wildman–Crippen LogP) is 3.66. The van der Waals surface area contributed by atoms with E-state index in [4.69, 9.17) is 10.00 Å². The van der Waals surface area contributed by atoms with Crippen LogP contribution in [0.25, 0.3) is 0 Å². The second-order valence-electron chi connectivity index (χ2n) is 3.51. The van der Waals surface area contributed by atoms with Crippen LogP contribution < -0.4 is 4.74 Å². The third-order valence-corrected chi connectivity index (χ3v) is 2.28. The third kappa shape index (κ3) is 2.21. The topological polar surface area (TPSA) is 33.0 Å². The van der Waals surface area contributed by atoms with Crippen LogP contribution in [-0.2, 0) is 0 Å². The first-order chi connectivity index (χ1) is 7.79. The highest BCUT2D eigenvalue weighted by molar-refractivity contribution is 5.43. The van der Waals surface area contributed by atoms with Crippen LogP contribution in [0.15, 0.2) is 48.5 Å². The molecule has 0 saturated carbocycles. The van der Waals surface area contributed by atoms with Crippen molar-refractivity contribution in [1.29, 1.82) is 5.26 Å². The fraction of sp³-hybridized carbons (Fsp3) is 0.0714. The molecule has 0 unspecified atom stereocenters. The van der Waals surface area contributed by atoms with Gasteiger partial charge >= 0.3 is 0 Å². The van der Waals surface area contributed by atoms with E-state index in [-0.39, 0.29) is 0 Å². The van der Waals surface area contributed by atoms with E-state index in [0.717, 1.165) is 17.1 Å². The molecule has 2 aromatic rings. The van der Waals surface area contributed by atoms with Crippen molar-refractivity contribution < 1.29 is 4.74 Å². The molecular weight excluding hydrogens is 198 g/mol. The predicted molar refractivity (Wildman–Crippen MR) is 62.4 cm³/mol. The highest BCUT2D eigenvalue weighted by Crippen LogP contribution is 2.25. The van der Waals surface area contributed by atoms with Gasteiger partial charge in [0.25, 0.3) is 0 Å². The molecule has 0 amide bonds. The normalized spacial score (nSPS) is 9.50. The number of hydrogen-bond acceptors (Lipinski definition) is 2. The van der Waals surface area contributed by atoms with Gasteiger partial charge in [-0.05, 0) is 42.8 Å². The lowest BCUT2D eigenvalue weighted by Crippen LogP contribution is -1.88. The highest BCUT2D eigenvalue weighted by atomic mass is 16.5. The maximum atomic E-state index is 8.75. The first kappa shape index (κ1) is 10.3. The summed E-state index contributed by atoms with van der Waals surface area (Å²) >= 11 is 0. The van der Waals surface area contributed by atoms with Crippen LogP contribution in [0.1, 0.15) is 11.1 Å². The van der Waals surface area contributed by atoms with Gasteiger partial charge in [-0.3, -0.25) is 0 Å². The molecule has 0 aliphatic heterocycles. The second kappa shape index (κ2) is 4.50. The van der Waals surface area contributed by atoms with Crippen LogP contribution in [0.2, 0.25) is 0 Å². The van der Waals surface area contributed by atoms with Gasteiger partial charge in [0.05, 0.1) is 11.6 Å². The van der Waals surface area contributed by atoms with Gasteiger partial charge in [0.15, 0.2) is 0 Å². The van der Waals surface area contributed by atoms with E-state index in [9.17, 15) is 0 Å². The monoisotopic (exact) mass is 209 g/mol. The number of ether oxygens (including phenoxy) is 1. The Morgan fingerprint density at radius 1 is 1.06 bits per heavy atom. The summed E-state index contributed by atoms with van der Waals surface area (Å²) in [6.07, 6.45) is 0. The molecule has 0 N–H and O–H groups in total. The molecule has 0 aromatic heterocycles. The summed E-state index contributed by atoms with van der Waals surface area (Å²) < 4.78 is 5.70. The Hall–Kier alpha value is -2.27. The number of rotatable bonds is 2. The van der Waals surface area contributed by atoms with Crippen molar-refractivity contribution in [2.75, 3.05) is 0 Å². The Kier molecular flexibility index (Phi) is 2.88. The molecule has 0 bridgehead atoms. The number of hydrogen-bond donors (Lipinski definition) is 0. The smallest absolute Gasteiger partial charge is 0.130 e. The summed E-state index contributed by atoms with van der Waals surface area (Å²) in [5.41, 5.74) is 1.61. The van der Waals surface area contributed by atoms with Crippen LogP contribution >= 0.6 is 0 Å².